The Morgan fingerprint density at radius 1 is 0.842 bits per heavy atom. The van der Waals surface area contributed by atoms with E-state index in [2.05, 4.69) is 9.47 Å². The molecule has 0 aliphatic heterocycles. The third-order valence-electron chi connectivity index (χ3n) is 1.86. The van der Waals surface area contributed by atoms with E-state index in [9.17, 15) is 19.2 Å². The maximum absolute atomic E-state index is 10.9. The molecule has 0 radical (unpaired) electrons. The fourth-order valence-corrected chi connectivity index (χ4v) is 1.08. The number of hydrogen-bond donors (Lipinski definition) is 0. The van der Waals surface area contributed by atoms with E-state index in [0.29, 0.717) is 5.57 Å². The third kappa shape index (κ3) is 9.70. The molecule has 108 valence electrons. The van der Waals surface area contributed by atoms with Crippen LogP contribution in [0.2, 0.25) is 0 Å². The summed E-state index contributed by atoms with van der Waals surface area (Å²) in [5, 5.41) is 0. The lowest BCUT2D eigenvalue weighted by Gasteiger charge is -2.02. The quantitative estimate of drug-likeness (QED) is 0.331. The standard InChI is InChI=1S/C8H12O3.C5H8O3/c1-5(2)7(6(3)9)8(10)11-4;1-4(6)3-5(7)8-2/h1-4H3;3H2,1-2H3. The topological polar surface area (TPSA) is 86.7 Å². The molecule has 0 fully saturated rings. The molecule has 6 heteroatoms. The minimum atomic E-state index is -0.558. The number of esters is 2. The molecule has 0 aromatic carbocycles. The molecule has 0 unspecified atom stereocenters. The molecule has 0 bridgehead atoms. The lowest BCUT2D eigenvalue weighted by Crippen LogP contribution is -2.13. The number of ketones is 2. The maximum atomic E-state index is 10.9. The average Bonchev–Trinajstić information content (AvgIpc) is 2.27. The predicted molar refractivity (Wildman–Crippen MR) is 68.4 cm³/mol. The third-order valence-corrected chi connectivity index (χ3v) is 1.86. The zero-order valence-corrected chi connectivity index (χ0v) is 12.2. The van der Waals surface area contributed by atoms with Crippen LogP contribution in [-0.2, 0) is 28.7 Å². The zero-order chi connectivity index (χ0) is 15.6. The number of Topliss-reactive ketones (excluding diaryl/α,β-unsaturated/α-hetero) is 2. The number of hydrogen-bond acceptors (Lipinski definition) is 6. The monoisotopic (exact) mass is 272 g/mol. The first-order valence-corrected chi connectivity index (χ1v) is 5.50. The Bertz CT molecular complexity index is 388. The van der Waals surface area contributed by atoms with Gasteiger partial charge in [-0.15, -0.1) is 0 Å². The Morgan fingerprint density at radius 3 is 1.42 bits per heavy atom. The van der Waals surface area contributed by atoms with E-state index < -0.39 is 11.9 Å². The molecular formula is C13H20O6. The van der Waals surface area contributed by atoms with Gasteiger partial charge in [0, 0.05) is 0 Å². The summed E-state index contributed by atoms with van der Waals surface area (Å²) in [6, 6.07) is 0. The molecule has 0 saturated heterocycles. The summed E-state index contributed by atoms with van der Waals surface area (Å²) in [7, 11) is 2.51. The minimum Gasteiger partial charge on any atom is -0.469 e. The second-order valence-corrected chi connectivity index (χ2v) is 3.88. The van der Waals surface area contributed by atoms with Crippen molar-refractivity contribution in [1.29, 1.82) is 0 Å². The number of carbonyl (C=O) groups is 4. The molecule has 0 aromatic rings. The summed E-state index contributed by atoms with van der Waals surface area (Å²) in [5.74, 6) is -1.45. The summed E-state index contributed by atoms with van der Waals surface area (Å²) < 4.78 is 8.62. The maximum Gasteiger partial charge on any atom is 0.341 e. The Morgan fingerprint density at radius 2 is 1.32 bits per heavy atom. The average molecular weight is 272 g/mol. The van der Waals surface area contributed by atoms with Crippen molar-refractivity contribution >= 4 is 23.5 Å². The SMILES string of the molecule is COC(=O)C(C(C)=O)=C(C)C.COC(=O)CC(C)=O. The minimum absolute atomic E-state index is 0.115. The molecule has 6 nitrogen and oxygen atoms in total. The number of ether oxygens (including phenoxy) is 2. The van der Waals surface area contributed by atoms with Crippen LogP contribution in [-0.4, -0.2) is 37.7 Å². The molecule has 0 amide bonds. The van der Waals surface area contributed by atoms with Crippen molar-refractivity contribution in [1.82, 2.24) is 0 Å². The summed E-state index contributed by atoms with van der Waals surface area (Å²) in [5.41, 5.74) is 0.830. The van der Waals surface area contributed by atoms with Gasteiger partial charge in [0.2, 0.25) is 0 Å². The van der Waals surface area contributed by atoms with E-state index in [1.165, 1.54) is 28.1 Å². The largest absolute Gasteiger partial charge is 0.469 e. The van der Waals surface area contributed by atoms with Gasteiger partial charge in [0.05, 0.1) is 14.2 Å². The second-order valence-electron chi connectivity index (χ2n) is 3.88. The highest BCUT2D eigenvalue weighted by atomic mass is 16.5. The number of allylic oxidation sites excluding steroid dienone is 1. The van der Waals surface area contributed by atoms with Crippen molar-refractivity contribution in [3.8, 4) is 0 Å². The molecule has 0 heterocycles. The molecular weight excluding hydrogens is 252 g/mol. The highest BCUT2D eigenvalue weighted by molar-refractivity contribution is 6.16. The zero-order valence-electron chi connectivity index (χ0n) is 12.2. The molecule has 0 spiro atoms. The van der Waals surface area contributed by atoms with E-state index in [0.717, 1.165) is 0 Å². The Kier molecular flexibility index (Phi) is 10.2. The van der Waals surface area contributed by atoms with Gasteiger partial charge in [0.15, 0.2) is 5.78 Å². The van der Waals surface area contributed by atoms with Gasteiger partial charge in [0.1, 0.15) is 17.8 Å². The highest BCUT2D eigenvalue weighted by Crippen LogP contribution is 2.05. The van der Waals surface area contributed by atoms with Crippen molar-refractivity contribution in [2.75, 3.05) is 14.2 Å². The first-order valence-electron chi connectivity index (χ1n) is 5.50. The van der Waals surface area contributed by atoms with Gasteiger partial charge in [-0.2, -0.15) is 0 Å². The molecule has 0 aliphatic rings. The lowest BCUT2D eigenvalue weighted by molar-refractivity contribution is -0.143. The van der Waals surface area contributed by atoms with Crippen LogP contribution in [0.15, 0.2) is 11.1 Å². The van der Waals surface area contributed by atoms with Crippen LogP contribution >= 0.6 is 0 Å². The number of methoxy groups -OCH3 is 2. The summed E-state index contributed by atoms with van der Waals surface area (Å²) in [6.07, 6.45) is -0.115. The van der Waals surface area contributed by atoms with Crippen molar-refractivity contribution in [2.24, 2.45) is 0 Å². The molecule has 0 N–H and O–H groups in total. The van der Waals surface area contributed by atoms with Crippen molar-refractivity contribution in [3.63, 3.8) is 0 Å². The van der Waals surface area contributed by atoms with Crippen LogP contribution in [0.4, 0.5) is 0 Å². The molecule has 0 aliphatic carbocycles. The molecule has 0 atom stereocenters. The molecule has 0 rings (SSSR count). The smallest absolute Gasteiger partial charge is 0.341 e. The van der Waals surface area contributed by atoms with Crippen molar-refractivity contribution in [2.45, 2.75) is 34.1 Å². The highest BCUT2D eigenvalue weighted by Gasteiger charge is 2.15. The lowest BCUT2D eigenvalue weighted by atomic mass is 10.1. The van der Waals surface area contributed by atoms with E-state index in [-0.39, 0.29) is 23.6 Å². The Labute approximate surface area is 112 Å². The van der Waals surface area contributed by atoms with Crippen LogP contribution in [0.3, 0.4) is 0 Å². The number of carbonyl (C=O) groups excluding carboxylic acids is 4. The summed E-state index contributed by atoms with van der Waals surface area (Å²) in [4.78, 5) is 42.0. The van der Waals surface area contributed by atoms with Gasteiger partial charge in [-0.25, -0.2) is 4.79 Å². The normalized spacial score (nSPS) is 8.53. The first-order chi connectivity index (χ1) is 8.67. The van der Waals surface area contributed by atoms with Gasteiger partial charge in [-0.05, 0) is 27.7 Å². The van der Waals surface area contributed by atoms with Gasteiger partial charge >= 0.3 is 11.9 Å². The van der Waals surface area contributed by atoms with E-state index >= 15 is 0 Å². The van der Waals surface area contributed by atoms with E-state index in [1.807, 2.05) is 0 Å². The summed E-state index contributed by atoms with van der Waals surface area (Å²) in [6.45, 7) is 6.09. The first kappa shape index (κ1) is 19.4. The summed E-state index contributed by atoms with van der Waals surface area (Å²) >= 11 is 0. The Hall–Kier alpha value is -1.98. The predicted octanol–water partition coefficient (Wildman–Crippen LogP) is 1.22. The Balaban J connectivity index is 0. The molecule has 0 aromatic heterocycles. The van der Waals surface area contributed by atoms with Crippen molar-refractivity contribution in [3.05, 3.63) is 11.1 Å². The van der Waals surface area contributed by atoms with Crippen LogP contribution < -0.4 is 0 Å². The number of rotatable bonds is 4. The van der Waals surface area contributed by atoms with Gasteiger partial charge < -0.3 is 9.47 Å². The van der Waals surface area contributed by atoms with Crippen LogP contribution in [0.25, 0.3) is 0 Å². The van der Waals surface area contributed by atoms with Crippen molar-refractivity contribution < 1.29 is 28.7 Å². The second kappa shape index (κ2) is 9.99. The van der Waals surface area contributed by atoms with Crippen LogP contribution in [0.5, 0.6) is 0 Å². The van der Waals surface area contributed by atoms with Crippen LogP contribution in [0.1, 0.15) is 34.1 Å². The van der Waals surface area contributed by atoms with Gasteiger partial charge in [-0.1, -0.05) is 5.57 Å². The van der Waals surface area contributed by atoms with E-state index in [4.69, 9.17) is 0 Å². The van der Waals surface area contributed by atoms with E-state index in [1.54, 1.807) is 13.8 Å². The molecule has 19 heavy (non-hydrogen) atoms. The van der Waals surface area contributed by atoms with Gasteiger partial charge in [0.25, 0.3) is 0 Å². The van der Waals surface area contributed by atoms with Gasteiger partial charge in [-0.3, -0.25) is 14.4 Å². The fourth-order valence-electron chi connectivity index (χ4n) is 1.08. The van der Waals surface area contributed by atoms with Crippen LogP contribution in [0, 0.1) is 0 Å². The fraction of sp³-hybridized carbons (Fsp3) is 0.538. The molecule has 0 saturated carbocycles.